The van der Waals surface area contributed by atoms with Crippen molar-refractivity contribution in [1.82, 2.24) is 14.9 Å². The van der Waals surface area contributed by atoms with Crippen LogP contribution in [0.5, 0.6) is 0 Å². The Hall–Kier alpha value is -1.20. The van der Waals surface area contributed by atoms with E-state index in [1.807, 2.05) is 18.3 Å². The molecule has 1 aliphatic heterocycles. The van der Waals surface area contributed by atoms with E-state index in [1.54, 1.807) is 10.4 Å². The van der Waals surface area contributed by atoms with Crippen LogP contribution in [-0.4, -0.2) is 48.1 Å². The van der Waals surface area contributed by atoms with E-state index in [9.17, 15) is 0 Å². The van der Waals surface area contributed by atoms with E-state index in [2.05, 4.69) is 23.8 Å². The van der Waals surface area contributed by atoms with Crippen LogP contribution in [0.3, 0.4) is 0 Å². The van der Waals surface area contributed by atoms with Crippen molar-refractivity contribution in [1.29, 1.82) is 0 Å². The number of likely N-dealkylation sites (N-methyl/N-ethyl adjacent to an activating group) is 1. The Morgan fingerprint density at radius 3 is 2.68 bits per heavy atom. The highest BCUT2D eigenvalue weighted by Crippen LogP contribution is 2.41. The van der Waals surface area contributed by atoms with Crippen molar-refractivity contribution < 1.29 is 0 Å². The lowest BCUT2D eigenvalue weighted by Gasteiger charge is -2.34. The molecule has 1 saturated heterocycles. The van der Waals surface area contributed by atoms with E-state index in [-0.39, 0.29) is 0 Å². The summed E-state index contributed by atoms with van der Waals surface area (Å²) in [7, 11) is 2.20. The predicted molar refractivity (Wildman–Crippen MR) is 93.1 cm³/mol. The topological polar surface area (TPSA) is 32.3 Å². The van der Waals surface area contributed by atoms with Crippen molar-refractivity contribution in [2.75, 3.05) is 38.1 Å². The number of aromatic nitrogens is 2. The number of hydrogen-bond donors (Lipinski definition) is 0. The van der Waals surface area contributed by atoms with Gasteiger partial charge in [-0.3, -0.25) is 0 Å². The first-order chi connectivity index (χ1) is 10.6. The maximum Gasteiger partial charge on any atom is 0.141 e. The van der Waals surface area contributed by atoms with Crippen molar-refractivity contribution >= 4 is 27.4 Å². The van der Waals surface area contributed by atoms with Crippen molar-refractivity contribution in [3.8, 4) is 0 Å². The van der Waals surface area contributed by atoms with Gasteiger partial charge in [0.05, 0.1) is 5.39 Å². The van der Waals surface area contributed by atoms with Crippen LogP contribution in [0.4, 0.5) is 5.82 Å². The van der Waals surface area contributed by atoms with E-state index in [0.717, 1.165) is 37.9 Å². The third-order valence-corrected chi connectivity index (χ3v) is 6.20. The molecule has 0 bridgehead atoms. The zero-order chi connectivity index (χ0) is 15.3. The maximum absolute atomic E-state index is 4.85. The Kier molecular flexibility index (Phi) is 3.57. The minimum atomic E-state index is 0.807. The van der Waals surface area contributed by atoms with Gasteiger partial charge in [-0.25, -0.2) is 9.97 Å². The molecule has 4 nitrogen and oxygen atoms in total. The Labute approximate surface area is 136 Å². The fourth-order valence-corrected chi connectivity index (χ4v) is 5.10. The first-order valence-electron chi connectivity index (χ1n) is 8.34. The van der Waals surface area contributed by atoms with Crippen molar-refractivity contribution in [3.05, 3.63) is 16.3 Å². The molecule has 118 valence electrons. The smallest absolute Gasteiger partial charge is 0.141 e. The fraction of sp³-hybridized carbons (Fsp3) is 0.647. The number of fused-ring (bicyclic) bond motifs is 3. The summed E-state index contributed by atoms with van der Waals surface area (Å²) in [5.74, 6) is 2.91. The minimum Gasteiger partial charge on any atom is -0.353 e. The quantitative estimate of drug-likeness (QED) is 0.810. The van der Waals surface area contributed by atoms with Crippen LogP contribution in [0.15, 0.2) is 0 Å². The van der Waals surface area contributed by atoms with Gasteiger partial charge in [0.1, 0.15) is 16.5 Å². The summed E-state index contributed by atoms with van der Waals surface area (Å²) in [6, 6.07) is 0. The molecule has 2 aromatic heterocycles. The lowest BCUT2D eigenvalue weighted by Crippen LogP contribution is -2.45. The van der Waals surface area contributed by atoms with Gasteiger partial charge in [-0.15, -0.1) is 11.3 Å². The second-order valence-electron chi connectivity index (χ2n) is 6.92. The standard InChI is InChI=1S/C17H24N4S/c1-11-4-5-13-14(10-11)22-17-15(13)16(18-12(2)19-17)21-8-6-20(3)7-9-21/h11H,4-10H2,1-3H3. The second kappa shape index (κ2) is 5.46. The number of anilines is 1. The lowest BCUT2D eigenvalue weighted by atomic mass is 9.89. The van der Waals surface area contributed by atoms with E-state index in [0.29, 0.717) is 0 Å². The number of nitrogens with zero attached hydrogens (tertiary/aromatic N) is 4. The number of piperazine rings is 1. The van der Waals surface area contributed by atoms with Gasteiger partial charge in [-0.05, 0) is 44.7 Å². The normalized spacial score (nSPS) is 23.0. The first-order valence-corrected chi connectivity index (χ1v) is 9.16. The summed E-state index contributed by atoms with van der Waals surface area (Å²) in [6.07, 6.45) is 3.72. The molecular weight excluding hydrogens is 292 g/mol. The van der Waals surface area contributed by atoms with E-state index < -0.39 is 0 Å². The molecule has 0 saturated carbocycles. The molecule has 4 rings (SSSR count). The third-order valence-electron chi connectivity index (χ3n) is 5.05. The molecule has 1 unspecified atom stereocenters. The molecule has 2 aliphatic rings. The van der Waals surface area contributed by atoms with Crippen LogP contribution in [0, 0.1) is 12.8 Å². The summed E-state index contributed by atoms with van der Waals surface area (Å²) in [4.78, 5) is 17.2. The number of rotatable bonds is 1. The van der Waals surface area contributed by atoms with E-state index in [1.165, 1.54) is 35.3 Å². The van der Waals surface area contributed by atoms with Gasteiger partial charge < -0.3 is 9.80 Å². The molecule has 1 fully saturated rings. The van der Waals surface area contributed by atoms with Crippen molar-refractivity contribution in [2.45, 2.75) is 33.1 Å². The zero-order valence-corrected chi connectivity index (χ0v) is 14.5. The molecule has 0 N–H and O–H groups in total. The van der Waals surface area contributed by atoms with Gasteiger partial charge in [0.2, 0.25) is 0 Å². The largest absolute Gasteiger partial charge is 0.353 e. The maximum atomic E-state index is 4.85. The average Bonchev–Trinajstić information content (AvgIpc) is 2.84. The molecule has 3 heterocycles. The van der Waals surface area contributed by atoms with Crippen LogP contribution in [-0.2, 0) is 12.8 Å². The summed E-state index contributed by atoms with van der Waals surface area (Å²) in [5, 5.41) is 1.36. The highest BCUT2D eigenvalue weighted by molar-refractivity contribution is 7.19. The molecule has 2 aromatic rings. The molecule has 0 radical (unpaired) electrons. The Bertz CT molecular complexity index is 700. The molecule has 22 heavy (non-hydrogen) atoms. The van der Waals surface area contributed by atoms with Crippen LogP contribution in [0.2, 0.25) is 0 Å². The van der Waals surface area contributed by atoms with Gasteiger partial charge in [-0.2, -0.15) is 0 Å². The molecule has 1 aliphatic carbocycles. The summed E-state index contributed by atoms with van der Waals surface area (Å²) >= 11 is 1.91. The van der Waals surface area contributed by atoms with Gasteiger partial charge >= 0.3 is 0 Å². The lowest BCUT2D eigenvalue weighted by molar-refractivity contribution is 0.312. The summed E-state index contributed by atoms with van der Waals surface area (Å²) < 4.78 is 0. The van der Waals surface area contributed by atoms with Crippen molar-refractivity contribution in [3.63, 3.8) is 0 Å². The summed E-state index contributed by atoms with van der Waals surface area (Å²) in [6.45, 7) is 8.78. The third kappa shape index (κ3) is 2.40. The van der Waals surface area contributed by atoms with Crippen LogP contribution >= 0.6 is 11.3 Å². The molecular formula is C17H24N4S. The molecule has 0 spiro atoms. The molecule has 0 aromatic carbocycles. The number of hydrogen-bond acceptors (Lipinski definition) is 5. The SMILES string of the molecule is Cc1nc(N2CCN(C)CC2)c2c3c(sc2n1)CC(C)CC3. The highest BCUT2D eigenvalue weighted by atomic mass is 32.1. The molecule has 5 heteroatoms. The predicted octanol–water partition coefficient (Wildman–Crippen LogP) is 2.88. The Morgan fingerprint density at radius 1 is 1.14 bits per heavy atom. The molecule has 1 atom stereocenters. The van der Waals surface area contributed by atoms with Gasteiger partial charge in [-0.1, -0.05) is 6.92 Å². The van der Waals surface area contributed by atoms with Crippen molar-refractivity contribution in [2.24, 2.45) is 5.92 Å². The van der Waals surface area contributed by atoms with E-state index >= 15 is 0 Å². The monoisotopic (exact) mass is 316 g/mol. The second-order valence-corrected chi connectivity index (χ2v) is 8.00. The summed E-state index contributed by atoms with van der Waals surface area (Å²) in [5.41, 5.74) is 1.55. The van der Waals surface area contributed by atoms with Crippen LogP contribution in [0.25, 0.3) is 10.2 Å². The van der Waals surface area contributed by atoms with Crippen LogP contribution in [0.1, 0.15) is 29.6 Å². The number of thiophene rings is 1. The van der Waals surface area contributed by atoms with E-state index in [4.69, 9.17) is 9.97 Å². The fourth-order valence-electron chi connectivity index (χ4n) is 3.67. The Balaban J connectivity index is 1.83. The van der Waals surface area contributed by atoms with Crippen LogP contribution < -0.4 is 4.90 Å². The first kappa shape index (κ1) is 14.4. The van der Waals surface area contributed by atoms with Gasteiger partial charge in [0.25, 0.3) is 0 Å². The minimum absolute atomic E-state index is 0.807. The van der Waals surface area contributed by atoms with Gasteiger partial charge in [0, 0.05) is 31.1 Å². The number of aryl methyl sites for hydroxylation is 2. The average molecular weight is 316 g/mol. The van der Waals surface area contributed by atoms with Gasteiger partial charge in [0.15, 0.2) is 0 Å². The highest BCUT2D eigenvalue weighted by Gasteiger charge is 2.26. The Morgan fingerprint density at radius 2 is 1.91 bits per heavy atom. The zero-order valence-electron chi connectivity index (χ0n) is 13.7. The molecule has 0 amide bonds.